The number of nitrogens with zero attached hydrogens (tertiary/aromatic N) is 1. The van der Waals surface area contributed by atoms with Crippen molar-refractivity contribution in [2.75, 3.05) is 44.9 Å². The third-order valence-electron chi connectivity index (χ3n) is 3.61. The highest BCUT2D eigenvalue weighted by Gasteiger charge is 2.31. The summed E-state index contributed by atoms with van der Waals surface area (Å²) >= 11 is 0. The van der Waals surface area contributed by atoms with Crippen molar-refractivity contribution in [3.8, 4) is 5.75 Å². The maximum absolute atomic E-state index is 12.1. The molecule has 0 spiro atoms. The molecule has 0 saturated carbocycles. The highest BCUT2D eigenvalue weighted by Crippen LogP contribution is 2.24. The molecule has 1 aromatic carbocycles. The monoisotopic (exact) mass is 337 g/mol. The zero-order valence-electron chi connectivity index (χ0n) is 13.7. The van der Waals surface area contributed by atoms with Gasteiger partial charge >= 0.3 is 6.03 Å². The molecule has 0 bridgehead atoms. The Morgan fingerprint density at radius 1 is 1.33 bits per heavy atom. The van der Waals surface area contributed by atoms with Gasteiger partial charge in [-0.2, -0.15) is 0 Å². The summed E-state index contributed by atoms with van der Waals surface area (Å²) in [5.41, 5.74) is 0.780. The van der Waals surface area contributed by atoms with Crippen molar-refractivity contribution in [1.82, 2.24) is 10.6 Å². The third kappa shape index (κ3) is 5.10. The zero-order valence-corrected chi connectivity index (χ0v) is 13.7. The minimum atomic E-state index is -0.336. The zero-order chi connectivity index (χ0) is 17.4. The fraction of sp³-hybridized carbons (Fsp3) is 0.500. The minimum Gasteiger partial charge on any atom is -0.497 e. The number of amides is 3. The van der Waals surface area contributed by atoms with Crippen molar-refractivity contribution in [3.63, 3.8) is 0 Å². The molecule has 1 aliphatic rings. The lowest BCUT2D eigenvalue weighted by atomic mass is 10.2. The number of hydrogen-bond acceptors (Lipinski definition) is 5. The van der Waals surface area contributed by atoms with Crippen LogP contribution in [0.4, 0.5) is 10.5 Å². The maximum Gasteiger partial charge on any atom is 0.315 e. The van der Waals surface area contributed by atoms with Crippen LogP contribution < -0.4 is 20.3 Å². The lowest BCUT2D eigenvalue weighted by molar-refractivity contribution is -0.117. The molecule has 1 aromatic rings. The van der Waals surface area contributed by atoms with Crippen molar-refractivity contribution >= 4 is 17.6 Å². The van der Waals surface area contributed by atoms with Gasteiger partial charge in [0.05, 0.1) is 33.0 Å². The molecule has 0 unspecified atom stereocenters. The average molecular weight is 337 g/mol. The van der Waals surface area contributed by atoms with Crippen molar-refractivity contribution in [2.45, 2.75) is 12.5 Å². The second kappa shape index (κ2) is 9.09. The first kappa shape index (κ1) is 18.0. The fourth-order valence-corrected chi connectivity index (χ4v) is 2.46. The van der Waals surface area contributed by atoms with Crippen LogP contribution in [0.15, 0.2) is 24.3 Å². The normalized spacial score (nSPS) is 17.0. The van der Waals surface area contributed by atoms with E-state index in [9.17, 15) is 9.59 Å². The molecule has 1 fully saturated rings. The second-order valence-corrected chi connectivity index (χ2v) is 5.34. The van der Waals surface area contributed by atoms with Gasteiger partial charge in [-0.15, -0.1) is 0 Å². The van der Waals surface area contributed by atoms with Crippen LogP contribution in [0.5, 0.6) is 5.75 Å². The predicted molar refractivity (Wildman–Crippen MR) is 88.2 cm³/mol. The molecule has 1 heterocycles. The molecule has 24 heavy (non-hydrogen) atoms. The Kier molecular flexibility index (Phi) is 6.83. The summed E-state index contributed by atoms with van der Waals surface area (Å²) in [5, 5.41) is 14.0. The molecular formula is C16H23N3O5. The number of rotatable bonds is 8. The topological polar surface area (TPSA) is 100 Å². The van der Waals surface area contributed by atoms with Crippen molar-refractivity contribution in [3.05, 3.63) is 24.3 Å². The molecule has 2 rings (SSSR count). The van der Waals surface area contributed by atoms with Crippen LogP contribution >= 0.6 is 0 Å². The Morgan fingerprint density at radius 3 is 2.75 bits per heavy atom. The minimum absolute atomic E-state index is 0.0308. The van der Waals surface area contributed by atoms with Gasteiger partial charge in [-0.05, 0) is 24.3 Å². The van der Waals surface area contributed by atoms with Gasteiger partial charge in [0, 0.05) is 25.2 Å². The van der Waals surface area contributed by atoms with Crippen LogP contribution in [0.25, 0.3) is 0 Å². The average Bonchev–Trinajstić information content (AvgIpc) is 2.95. The van der Waals surface area contributed by atoms with E-state index < -0.39 is 0 Å². The van der Waals surface area contributed by atoms with E-state index in [-0.39, 0.29) is 37.6 Å². The van der Waals surface area contributed by atoms with Gasteiger partial charge in [-0.3, -0.25) is 4.79 Å². The highest BCUT2D eigenvalue weighted by molar-refractivity contribution is 5.96. The molecule has 0 aliphatic carbocycles. The summed E-state index contributed by atoms with van der Waals surface area (Å²) in [6, 6.07) is 6.65. The standard InChI is InChI=1S/C16H23N3O5/c1-23-14-4-2-13(3-5-14)19-11-12(10-15(19)21)18-16(22)17-6-8-24-9-7-20/h2-5,12,20H,6-11H2,1H3,(H2,17,18,22)/t12-/m0/s1. The molecule has 1 atom stereocenters. The van der Waals surface area contributed by atoms with E-state index >= 15 is 0 Å². The Balaban J connectivity index is 1.78. The van der Waals surface area contributed by atoms with Gasteiger partial charge in [0.2, 0.25) is 5.91 Å². The lowest BCUT2D eigenvalue weighted by Gasteiger charge is -2.17. The third-order valence-corrected chi connectivity index (χ3v) is 3.61. The predicted octanol–water partition coefficient (Wildman–Crippen LogP) is 0.109. The van der Waals surface area contributed by atoms with E-state index in [0.717, 1.165) is 11.4 Å². The number of anilines is 1. The van der Waals surface area contributed by atoms with Crippen LogP contribution in [0.3, 0.4) is 0 Å². The largest absolute Gasteiger partial charge is 0.497 e. The molecule has 132 valence electrons. The van der Waals surface area contributed by atoms with Crippen molar-refractivity contribution < 1.29 is 24.2 Å². The molecule has 0 aromatic heterocycles. The summed E-state index contributed by atoms with van der Waals surface area (Å²) in [6.45, 7) is 1.30. The Labute approximate surface area is 140 Å². The molecule has 1 aliphatic heterocycles. The van der Waals surface area contributed by atoms with Gasteiger partial charge in [-0.25, -0.2) is 4.79 Å². The van der Waals surface area contributed by atoms with Crippen LogP contribution in [-0.4, -0.2) is 63.1 Å². The van der Waals surface area contributed by atoms with E-state index in [0.29, 0.717) is 19.7 Å². The number of carbonyl (C=O) groups is 2. The number of urea groups is 1. The number of ether oxygens (including phenoxy) is 2. The van der Waals surface area contributed by atoms with Gasteiger partial charge in [0.25, 0.3) is 0 Å². The smallest absolute Gasteiger partial charge is 0.315 e. The van der Waals surface area contributed by atoms with Crippen LogP contribution in [0, 0.1) is 0 Å². The van der Waals surface area contributed by atoms with Crippen LogP contribution in [0.1, 0.15) is 6.42 Å². The number of aliphatic hydroxyl groups is 1. The van der Waals surface area contributed by atoms with Crippen molar-refractivity contribution in [1.29, 1.82) is 0 Å². The number of carbonyl (C=O) groups excluding carboxylic acids is 2. The van der Waals surface area contributed by atoms with Gasteiger partial charge < -0.3 is 30.1 Å². The van der Waals surface area contributed by atoms with E-state index in [1.165, 1.54) is 0 Å². The first-order chi connectivity index (χ1) is 11.6. The summed E-state index contributed by atoms with van der Waals surface area (Å²) < 4.78 is 10.2. The molecule has 8 heteroatoms. The first-order valence-electron chi connectivity index (χ1n) is 7.81. The summed E-state index contributed by atoms with van der Waals surface area (Å²) in [5.74, 6) is 0.694. The van der Waals surface area contributed by atoms with E-state index in [4.69, 9.17) is 14.6 Å². The number of methoxy groups -OCH3 is 1. The molecular weight excluding hydrogens is 314 g/mol. The maximum atomic E-state index is 12.1. The molecule has 3 amide bonds. The lowest BCUT2D eigenvalue weighted by Crippen LogP contribution is -2.44. The SMILES string of the molecule is COc1ccc(N2C[C@@H](NC(=O)NCCOCCO)CC2=O)cc1. The number of hydrogen-bond donors (Lipinski definition) is 3. The molecule has 8 nitrogen and oxygen atoms in total. The Bertz CT molecular complexity index is 549. The quantitative estimate of drug-likeness (QED) is 0.585. The summed E-state index contributed by atoms with van der Waals surface area (Å²) in [7, 11) is 1.59. The number of nitrogens with one attached hydrogen (secondary N) is 2. The molecule has 0 radical (unpaired) electrons. The van der Waals surface area contributed by atoms with E-state index in [1.54, 1.807) is 24.1 Å². The number of aliphatic hydroxyl groups excluding tert-OH is 1. The summed E-state index contributed by atoms with van der Waals surface area (Å²) in [6.07, 6.45) is 0.264. The fourth-order valence-electron chi connectivity index (χ4n) is 2.46. The Morgan fingerprint density at radius 2 is 2.08 bits per heavy atom. The number of benzene rings is 1. The van der Waals surface area contributed by atoms with Gasteiger partial charge in [-0.1, -0.05) is 0 Å². The van der Waals surface area contributed by atoms with Crippen LogP contribution in [0.2, 0.25) is 0 Å². The van der Waals surface area contributed by atoms with Gasteiger partial charge in [0.15, 0.2) is 0 Å². The molecule has 1 saturated heterocycles. The Hall–Kier alpha value is -2.32. The highest BCUT2D eigenvalue weighted by atomic mass is 16.5. The summed E-state index contributed by atoms with van der Waals surface area (Å²) in [4.78, 5) is 25.6. The van der Waals surface area contributed by atoms with E-state index in [1.807, 2.05) is 12.1 Å². The van der Waals surface area contributed by atoms with Crippen LogP contribution in [-0.2, 0) is 9.53 Å². The first-order valence-corrected chi connectivity index (χ1v) is 7.81. The van der Waals surface area contributed by atoms with Crippen molar-refractivity contribution in [2.24, 2.45) is 0 Å². The second-order valence-electron chi connectivity index (χ2n) is 5.34. The van der Waals surface area contributed by atoms with Gasteiger partial charge in [0.1, 0.15) is 5.75 Å². The molecule has 3 N–H and O–H groups in total. The van der Waals surface area contributed by atoms with E-state index in [2.05, 4.69) is 10.6 Å².